The normalized spacial score (nSPS) is 10.6. The fourth-order valence-electron chi connectivity index (χ4n) is 3.54. The maximum Gasteiger partial charge on any atom is 0.224 e. The number of nitrogens with one attached hydrogen (secondary N) is 2. The molecule has 2 heterocycles. The van der Waals surface area contributed by atoms with E-state index in [1.165, 1.54) is 6.20 Å². The number of rotatable bonds is 6. The molecule has 1 amide bonds. The van der Waals surface area contributed by atoms with Crippen LogP contribution >= 0.6 is 0 Å². The zero-order valence-electron chi connectivity index (χ0n) is 17.4. The van der Waals surface area contributed by atoms with Crippen LogP contribution in [-0.4, -0.2) is 20.5 Å². The maximum absolute atomic E-state index is 12.5. The van der Waals surface area contributed by atoms with E-state index in [-0.39, 0.29) is 5.91 Å². The van der Waals surface area contributed by atoms with Gasteiger partial charge in [0.25, 0.3) is 0 Å². The van der Waals surface area contributed by atoms with E-state index in [4.69, 9.17) is 0 Å². The molecule has 0 radical (unpaired) electrons. The van der Waals surface area contributed by atoms with Gasteiger partial charge in [0.05, 0.1) is 6.20 Å². The fourth-order valence-corrected chi connectivity index (χ4v) is 3.54. The number of aryl methyl sites for hydroxylation is 2. The highest BCUT2D eigenvalue weighted by Crippen LogP contribution is 2.20. The Labute approximate surface area is 180 Å². The Bertz CT molecular complexity index is 1270. The van der Waals surface area contributed by atoms with Crippen molar-refractivity contribution < 1.29 is 4.79 Å². The summed E-state index contributed by atoms with van der Waals surface area (Å²) in [5, 5.41) is 19.7. The molecule has 2 N–H and O–H groups in total. The quantitative estimate of drug-likeness (QED) is 0.487. The van der Waals surface area contributed by atoms with Crippen molar-refractivity contribution in [3.63, 3.8) is 0 Å². The average molecular weight is 410 g/mol. The number of fused-ring (bicyclic) bond motifs is 1. The van der Waals surface area contributed by atoms with Crippen molar-refractivity contribution in [2.45, 2.75) is 26.7 Å². The van der Waals surface area contributed by atoms with Crippen LogP contribution in [-0.2, 0) is 11.2 Å². The van der Waals surface area contributed by atoms with Crippen LogP contribution < -0.4 is 10.6 Å². The molecule has 154 valence electrons. The van der Waals surface area contributed by atoms with E-state index in [1.54, 1.807) is 4.52 Å². The number of nitriles is 1. The van der Waals surface area contributed by atoms with E-state index in [0.29, 0.717) is 24.1 Å². The first-order valence-corrected chi connectivity index (χ1v) is 10.0. The number of carbonyl (C=O) groups excluding carboxylic acids is 1. The predicted octanol–water partition coefficient (Wildman–Crippen LogP) is 4.53. The number of aromatic nitrogens is 3. The minimum absolute atomic E-state index is 0.0687. The standard InChI is InChI=1S/C24H22N6O/c1-16-22(17(2)30-24(27-16)18(14-25)15-26-30)12-13-23(31)29-21-10-8-20(9-11-21)28-19-6-4-3-5-7-19/h3-11,15,28H,12-13H2,1-2H3,(H,29,31). The summed E-state index contributed by atoms with van der Waals surface area (Å²) >= 11 is 0. The fraction of sp³-hybridized carbons (Fsp3) is 0.167. The second kappa shape index (κ2) is 8.67. The molecule has 0 unspecified atom stereocenters. The topological polar surface area (TPSA) is 95.1 Å². The largest absolute Gasteiger partial charge is 0.356 e. The number of amides is 1. The molecule has 2 aromatic carbocycles. The number of benzene rings is 2. The van der Waals surface area contributed by atoms with Crippen molar-refractivity contribution in [2.24, 2.45) is 0 Å². The third-order valence-electron chi connectivity index (χ3n) is 5.16. The third kappa shape index (κ3) is 4.38. The van der Waals surface area contributed by atoms with Gasteiger partial charge in [0, 0.05) is 34.9 Å². The molecule has 31 heavy (non-hydrogen) atoms. The summed E-state index contributed by atoms with van der Waals surface area (Å²) in [5.74, 6) is -0.0687. The van der Waals surface area contributed by atoms with E-state index in [2.05, 4.69) is 26.8 Å². The Balaban J connectivity index is 1.39. The number of hydrogen-bond donors (Lipinski definition) is 2. The van der Waals surface area contributed by atoms with Gasteiger partial charge in [-0.1, -0.05) is 18.2 Å². The molecule has 7 nitrogen and oxygen atoms in total. The molecule has 2 aromatic heterocycles. The van der Waals surface area contributed by atoms with Gasteiger partial charge < -0.3 is 10.6 Å². The van der Waals surface area contributed by atoms with Gasteiger partial charge in [0.2, 0.25) is 5.91 Å². The van der Waals surface area contributed by atoms with E-state index in [1.807, 2.05) is 68.4 Å². The van der Waals surface area contributed by atoms with E-state index in [0.717, 1.165) is 34.0 Å². The van der Waals surface area contributed by atoms with Crippen molar-refractivity contribution in [3.05, 3.63) is 83.3 Å². The number of nitrogens with zero attached hydrogens (tertiary/aromatic N) is 4. The molecule has 4 aromatic rings. The molecular formula is C24H22N6O. The first-order valence-electron chi connectivity index (χ1n) is 10.0. The van der Waals surface area contributed by atoms with Crippen LogP contribution in [0.4, 0.5) is 17.1 Å². The molecule has 0 aliphatic rings. The molecule has 0 fully saturated rings. The molecule has 4 rings (SSSR count). The maximum atomic E-state index is 12.5. The van der Waals surface area contributed by atoms with Crippen LogP contribution in [0.1, 0.15) is 28.9 Å². The Kier molecular flexibility index (Phi) is 5.63. The Morgan fingerprint density at radius 1 is 1.03 bits per heavy atom. The van der Waals surface area contributed by atoms with Crippen molar-refractivity contribution in [1.29, 1.82) is 5.26 Å². The lowest BCUT2D eigenvalue weighted by atomic mass is 10.1. The number of anilines is 3. The van der Waals surface area contributed by atoms with Crippen molar-refractivity contribution in [1.82, 2.24) is 14.6 Å². The zero-order valence-corrected chi connectivity index (χ0v) is 17.4. The highest BCUT2D eigenvalue weighted by molar-refractivity contribution is 5.91. The van der Waals surface area contributed by atoms with Crippen LogP contribution in [0.3, 0.4) is 0 Å². The van der Waals surface area contributed by atoms with E-state index in [9.17, 15) is 10.1 Å². The Morgan fingerprint density at radius 3 is 2.42 bits per heavy atom. The molecule has 0 saturated carbocycles. The molecule has 0 atom stereocenters. The molecular weight excluding hydrogens is 388 g/mol. The van der Waals surface area contributed by atoms with Crippen LogP contribution in [0.15, 0.2) is 60.8 Å². The van der Waals surface area contributed by atoms with Gasteiger partial charge in [-0.2, -0.15) is 10.4 Å². The minimum atomic E-state index is -0.0687. The lowest BCUT2D eigenvalue weighted by molar-refractivity contribution is -0.116. The summed E-state index contributed by atoms with van der Waals surface area (Å²) in [4.78, 5) is 17.0. The van der Waals surface area contributed by atoms with E-state index < -0.39 is 0 Å². The summed E-state index contributed by atoms with van der Waals surface area (Å²) < 4.78 is 1.66. The van der Waals surface area contributed by atoms with Crippen LogP contribution in [0, 0.1) is 25.2 Å². The first-order chi connectivity index (χ1) is 15.0. The Hall–Kier alpha value is -4.18. The SMILES string of the molecule is Cc1nc2c(C#N)cnn2c(C)c1CCC(=O)Nc1ccc(Nc2ccccc2)cc1. The molecule has 7 heteroatoms. The minimum Gasteiger partial charge on any atom is -0.356 e. The second-order valence-corrected chi connectivity index (χ2v) is 7.28. The monoisotopic (exact) mass is 410 g/mol. The van der Waals surface area contributed by atoms with Gasteiger partial charge in [-0.15, -0.1) is 0 Å². The second-order valence-electron chi connectivity index (χ2n) is 7.28. The lowest BCUT2D eigenvalue weighted by Gasteiger charge is -2.12. The summed E-state index contributed by atoms with van der Waals surface area (Å²) in [6.07, 6.45) is 2.38. The molecule has 0 aliphatic carbocycles. The number of hydrogen-bond acceptors (Lipinski definition) is 5. The molecule has 0 saturated heterocycles. The number of para-hydroxylation sites is 1. The summed E-state index contributed by atoms with van der Waals surface area (Å²) in [5.41, 5.74) is 6.38. The van der Waals surface area contributed by atoms with Gasteiger partial charge >= 0.3 is 0 Å². The van der Waals surface area contributed by atoms with Crippen LogP contribution in [0.5, 0.6) is 0 Å². The third-order valence-corrected chi connectivity index (χ3v) is 5.16. The smallest absolute Gasteiger partial charge is 0.224 e. The Morgan fingerprint density at radius 2 is 1.71 bits per heavy atom. The van der Waals surface area contributed by atoms with E-state index >= 15 is 0 Å². The first kappa shape index (κ1) is 20.1. The molecule has 0 aliphatic heterocycles. The van der Waals surface area contributed by atoms with Gasteiger partial charge in [-0.3, -0.25) is 4.79 Å². The predicted molar refractivity (Wildman–Crippen MR) is 120 cm³/mol. The zero-order chi connectivity index (χ0) is 21.8. The van der Waals surface area contributed by atoms with Crippen molar-refractivity contribution in [3.8, 4) is 6.07 Å². The van der Waals surface area contributed by atoms with Gasteiger partial charge in [-0.25, -0.2) is 9.50 Å². The molecule has 0 bridgehead atoms. The summed E-state index contributed by atoms with van der Waals surface area (Å²) in [6, 6.07) is 19.6. The summed E-state index contributed by atoms with van der Waals surface area (Å²) in [7, 11) is 0. The van der Waals surface area contributed by atoms with Crippen LogP contribution in [0.2, 0.25) is 0 Å². The lowest BCUT2D eigenvalue weighted by Crippen LogP contribution is -2.14. The van der Waals surface area contributed by atoms with Gasteiger partial charge in [0.1, 0.15) is 11.6 Å². The van der Waals surface area contributed by atoms with Crippen LogP contribution in [0.25, 0.3) is 5.65 Å². The summed E-state index contributed by atoms with van der Waals surface area (Å²) in [6.45, 7) is 3.83. The van der Waals surface area contributed by atoms with Gasteiger partial charge in [-0.05, 0) is 62.2 Å². The van der Waals surface area contributed by atoms with Gasteiger partial charge in [0.15, 0.2) is 5.65 Å². The number of carbonyl (C=O) groups is 1. The highest BCUT2D eigenvalue weighted by atomic mass is 16.1. The average Bonchev–Trinajstić information content (AvgIpc) is 3.18. The highest BCUT2D eigenvalue weighted by Gasteiger charge is 2.14. The van der Waals surface area contributed by atoms with Crippen molar-refractivity contribution in [2.75, 3.05) is 10.6 Å². The molecule has 0 spiro atoms. The van der Waals surface area contributed by atoms with Crippen molar-refractivity contribution >= 4 is 28.6 Å².